The molecule has 0 fully saturated rings. The molecule has 16 heavy (non-hydrogen) atoms. The molecule has 0 aromatic heterocycles. The maximum atomic E-state index is 11.9. The van der Waals surface area contributed by atoms with Crippen LogP contribution in [0.5, 0.6) is 0 Å². The molecule has 0 aliphatic carbocycles. The van der Waals surface area contributed by atoms with Crippen molar-refractivity contribution in [3.05, 3.63) is 28.8 Å². The van der Waals surface area contributed by atoms with E-state index < -0.39 is 9.84 Å². The molecule has 0 radical (unpaired) electrons. The molecule has 2 unspecified atom stereocenters. The topological polar surface area (TPSA) is 60.2 Å². The summed E-state index contributed by atoms with van der Waals surface area (Å²) in [5.74, 6) is 0.0712. The van der Waals surface area contributed by atoms with Crippen molar-refractivity contribution in [2.24, 2.45) is 5.73 Å². The SMILES string of the molecule is CC(N)CC1CS(=O)(=O)c2cccc(Cl)c21. The minimum Gasteiger partial charge on any atom is -0.328 e. The van der Waals surface area contributed by atoms with Crippen LogP contribution in [0.1, 0.15) is 24.8 Å². The Bertz CT molecular complexity index is 511. The Hall–Kier alpha value is -0.580. The van der Waals surface area contributed by atoms with Crippen molar-refractivity contribution in [2.75, 3.05) is 5.75 Å². The van der Waals surface area contributed by atoms with Gasteiger partial charge in [-0.1, -0.05) is 17.7 Å². The number of fused-ring (bicyclic) bond motifs is 1. The molecule has 1 aliphatic heterocycles. The molecule has 2 atom stereocenters. The lowest BCUT2D eigenvalue weighted by atomic mass is 9.95. The second-order valence-corrected chi connectivity index (χ2v) is 6.75. The number of halogens is 1. The first kappa shape index (κ1) is 11.9. The fourth-order valence-electron chi connectivity index (χ4n) is 2.26. The lowest BCUT2D eigenvalue weighted by Gasteiger charge is -2.13. The Balaban J connectivity index is 2.52. The summed E-state index contributed by atoms with van der Waals surface area (Å²) in [6, 6.07) is 5.00. The number of hydrogen-bond donors (Lipinski definition) is 1. The van der Waals surface area contributed by atoms with Crippen LogP contribution in [0.25, 0.3) is 0 Å². The molecule has 0 saturated heterocycles. The molecule has 0 saturated carbocycles. The molecule has 0 spiro atoms. The molecule has 0 bridgehead atoms. The van der Waals surface area contributed by atoms with Crippen molar-refractivity contribution < 1.29 is 8.42 Å². The van der Waals surface area contributed by atoms with Gasteiger partial charge in [-0.25, -0.2) is 8.42 Å². The Labute approximate surface area is 101 Å². The van der Waals surface area contributed by atoms with Gasteiger partial charge in [0.15, 0.2) is 9.84 Å². The van der Waals surface area contributed by atoms with Crippen LogP contribution in [-0.2, 0) is 9.84 Å². The van der Waals surface area contributed by atoms with Crippen molar-refractivity contribution in [3.8, 4) is 0 Å². The summed E-state index contributed by atoms with van der Waals surface area (Å²) in [6.07, 6.45) is 0.649. The highest BCUT2D eigenvalue weighted by Gasteiger charge is 2.36. The van der Waals surface area contributed by atoms with E-state index in [4.69, 9.17) is 17.3 Å². The molecule has 0 amide bonds. The van der Waals surface area contributed by atoms with E-state index in [1.54, 1.807) is 18.2 Å². The van der Waals surface area contributed by atoms with Gasteiger partial charge in [0, 0.05) is 17.0 Å². The maximum Gasteiger partial charge on any atom is 0.179 e. The van der Waals surface area contributed by atoms with Crippen molar-refractivity contribution in [1.82, 2.24) is 0 Å². The first-order valence-electron chi connectivity index (χ1n) is 5.18. The van der Waals surface area contributed by atoms with E-state index in [9.17, 15) is 8.42 Å². The lowest BCUT2D eigenvalue weighted by Crippen LogP contribution is -2.19. The standard InChI is InChI=1S/C11H14ClNO2S/c1-7(13)5-8-6-16(14,15)10-4-2-3-9(12)11(8)10/h2-4,7-8H,5-6,13H2,1H3. The molecule has 2 N–H and O–H groups in total. The molecule has 88 valence electrons. The zero-order valence-electron chi connectivity index (χ0n) is 8.98. The monoisotopic (exact) mass is 259 g/mol. The average molecular weight is 260 g/mol. The predicted molar refractivity (Wildman–Crippen MR) is 64.5 cm³/mol. The third-order valence-electron chi connectivity index (χ3n) is 2.83. The Morgan fingerprint density at radius 3 is 2.88 bits per heavy atom. The van der Waals surface area contributed by atoms with Gasteiger partial charge >= 0.3 is 0 Å². The minimum atomic E-state index is -3.16. The van der Waals surface area contributed by atoms with E-state index in [0.717, 1.165) is 5.56 Å². The predicted octanol–water partition coefficient (Wildman–Crippen LogP) is 1.95. The van der Waals surface area contributed by atoms with E-state index in [2.05, 4.69) is 0 Å². The maximum absolute atomic E-state index is 11.9. The first-order valence-corrected chi connectivity index (χ1v) is 7.21. The van der Waals surface area contributed by atoms with Gasteiger partial charge in [-0.2, -0.15) is 0 Å². The number of benzene rings is 1. The van der Waals surface area contributed by atoms with Gasteiger partial charge in [-0.15, -0.1) is 0 Å². The van der Waals surface area contributed by atoms with E-state index >= 15 is 0 Å². The van der Waals surface area contributed by atoms with Gasteiger partial charge in [0.1, 0.15) is 0 Å². The molecule has 2 rings (SSSR count). The molecule has 5 heteroatoms. The molecule has 3 nitrogen and oxygen atoms in total. The smallest absolute Gasteiger partial charge is 0.179 e. The normalized spacial score (nSPS) is 24.1. The summed E-state index contributed by atoms with van der Waals surface area (Å²) in [4.78, 5) is 0.380. The van der Waals surface area contributed by atoms with E-state index in [1.165, 1.54) is 0 Å². The number of hydrogen-bond acceptors (Lipinski definition) is 3. The fraction of sp³-hybridized carbons (Fsp3) is 0.455. The van der Waals surface area contributed by atoms with Crippen LogP contribution in [0, 0.1) is 0 Å². The second-order valence-electron chi connectivity index (χ2n) is 4.34. The van der Waals surface area contributed by atoms with Crippen LogP contribution in [0.3, 0.4) is 0 Å². The van der Waals surface area contributed by atoms with Crippen molar-refractivity contribution >= 4 is 21.4 Å². The summed E-state index contributed by atoms with van der Waals surface area (Å²) in [5.41, 5.74) is 6.48. The molecule has 1 heterocycles. The van der Waals surface area contributed by atoms with Crippen LogP contribution >= 0.6 is 11.6 Å². The first-order chi connectivity index (χ1) is 7.42. The zero-order chi connectivity index (χ0) is 11.9. The van der Waals surface area contributed by atoms with Crippen LogP contribution in [0.2, 0.25) is 5.02 Å². The summed E-state index contributed by atoms with van der Waals surface area (Å²) in [7, 11) is -3.16. The lowest BCUT2D eigenvalue weighted by molar-refractivity contribution is 0.576. The summed E-state index contributed by atoms with van der Waals surface area (Å²) < 4.78 is 23.8. The summed E-state index contributed by atoms with van der Waals surface area (Å²) in [5, 5.41) is 0.532. The van der Waals surface area contributed by atoms with E-state index in [-0.39, 0.29) is 17.7 Å². The number of nitrogens with two attached hydrogens (primary N) is 1. The summed E-state index contributed by atoms with van der Waals surface area (Å²) >= 11 is 6.07. The Morgan fingerprint density at radius 2 is 2.25 bits per heavy atom. The Morgan fingerprint density at radius 1 is 1.56 bits per heavy atom. The molecular formula is C11H14ClNO2S. The largest absolute Gasteiger partial charge is 0.328 e. The van der Waals surface area contributed by atoms with Crippen molar-refractivity contribution in [1.29, 1.82) is 0 Å². The van der Waals surface area contributed by atoms with Gasteiger partial charge in [0.05, 0.1) is 10.6 Å². The molecule has 1 aromatic rings. The van der Waals surface area contributed by atoms with Gasteiger partial charge in [-0.3, -0.25) is 0 Å². The van der Waals surface area contributed by atoms with Crippen LogP contribution in [-0.4, -0.2) is 20.2 Å². The van der Waals surface area contributed by atoms with Gasteiger partial charge in [-0.05, 0) is 31.0 Å². The zero-order valence-corrected chi connectivity index (χ0v) is 10.6. The van der Waals surface area contributed by atoms with Gasteiger partial charge in [0.2, 0.25) is 0 Å². The average Bonchev–Trinajstić information content (AvgIpc) is 2.38. The highest BCUT2D eigenvalue weighted by molar-refractivity contribution is 7.91. The quantitative estimate of drug-likeness (QED) is 0.883. The van der Waals surface area contributed by atoms with E-state index in [1.807, 2.05) is 6.92 Å². The van der Waals surface area contributed by atoms with Crippen LogP contribution in [0.15, 0.2) is 23.1 Å². The number of sulfone groups is 1. The molecule has 1 aromatic carbocycles. The van der Waals surface area contributed by atoms with Gasteiger partial charge in [0.25, 0.3) is 0 Å². The van der Waals surface area contributed by atoms with Crippen molar-refractivity contribution in [3.63, 3.8) is 0 Å². The second kappa shape index (κ2) is 4.02. The molecular weight excluding hydrogens is 246 g/mol. The molecule has 1 aliphatic rings. The highest BCUT2D eigenvalue weighted by Crippen LogP contribution is 2.41. The van der Waals surface area contributed by atoms with Crippen LogP contribution in [0.4, 0.5) is 0 Å². The third-order valence-corrected chi connectivity index (χ3v) is 5.03. The summed E-state index contributed by atoms with van der Waals surface area (Å²) in [6.45, 7) is 1.88. The number of rotatable bonds is 2. The van der Waals surface area contributed by atoms with E-state index in [0.29, 0.717) is 16.3 Å². The third kappa shape index (κ3) is 1.97. The Kier molecular flexibility index (Phi) is 2.99. The van der Waals surface area contributed by atoms with Crippen molar-refractivity contribution in [2.45, 2.75) is 30.2 Å². The van der Waals surface area contributed by atoms with Gasteiger partial charge < -0.3 is 5.73 Å². The van der Waals surface area contributed by atoms with Crippen LogP contribution < -0.4 is 5.73 Å². The fourth-order valence-corrected chi connectivity index (χ4v) is 4.55. The minimum absolute atomic E-state index is 0.0255. The highest BCUT2D eigenvalue weighted by atomic mass is 35.5.